The fourth-order valence-corrected chi connectivity index (χ4v) is 1.05. The number of carbonyl (C=O) groups is 1. The maximum absolute atomic E-state index is 10.5. The van der Waals surface area contributed by atoms with Crippen LogP contribution in [0.1, 0.15) is 6.92 Å². The Morgan fingerprint density at radius 2 is 2.50 bits per heavy atom. The van der Waals surface area contributed by atoms with Gasteiger partial charge in [0.25, 0.3) is 0 Å². The zero-order valence-corrected chi connectivity index (χ0v) is 8.45. The van der Waals surface area contributed by atoms with Crippen LogP contribution in [0.25, 0.3) is 0 Å². The van der Waals surface area contributed by atoms with E-state index >= 15 is 0 Å². The fourth-order valence-electron chi connectivity index (χ4n) is 0.868. The molecule has 0 radical (unpaired) electrons. The number of hydrogen-bond acceptors (Lipinski definition) is 3. The summed E-state index contributed by atoms with van der Waals surface area (Å²) in [6.45, 7) is 1.96. The maximum atomic E-state index is 10.5. The molecule has 1 atom stereocenters. The number of carboxylic acid groups (broad SMARTS) is 1. The van der Waals surface area contributed by atoms with E-state index in [1.807, 2.05) is 0 Å². The van der Waals surface area contributed by atoms with Crippen molar-refractivity contribution >= 4 is 23.3 Å². The second kappa shape index (κ2) is 4.81. The molecule has 0 amide bonds. The summed E-state index contributed by atoms with van der Waals surface area (Å²) in [7, 11) is 0. The first-order chi connectivity index (χ1) is 6.61. The minimum atomic E-state index is -0.836. The summed E-state index contributed by atoms with van der Waals surface area (Å²) in [5.41, 5.74) is 0.655. The molecule has 0 aliphatic heterocycles. The summed E-state index contributed by atoms with van der Waals surface area (Å²) >= 11 is 5.77. The van der Waals surface area contributed by atoms with Gasteiger partial charge in [-0.1, -0.05) is 18.5 Å². The first kappa shape index (κ1) is 10.8. The highest BCUT2D eigenvalue weighted by molar-refractivity contribution is 6.31. The van der Waals surface area contributed by atoms with Crippen molar-refractivity contribution in [3.63, 3.8) is 0 Å². The van der Waals surface area contributed by atoms with Gasteiger partial charge in [0, 0.05) is 12.7 Å². The molecule has 1 unspecified atom stereocenters. The molecular formula is C9H11ClN2O2. The van der Waals surface area contributed by atoms with Gasteiger partial charge in [0.05, 0.1) is 11.6 Å². The highest BCUT2D eigenvalue weighted by atomic mass is 35.5. The van der Waals surface area contributed by atoms with Gasteiger partial charge in [0.1, 0.15) is 0 Å². The van der Waals surface area contributed by atoms with E-state index < -0.39 is 11.9 Å². The molecule has 1 heterocycles. The minimum Gasteiger partial charge on any atom is -0.481 e. The lowest BCUT2D eigenvalue weighted by atomic mass is 10.2. The normalized spacial score (nSPS) is 12.1. The molecule has 0 aromatic carbocycles. The van der Waals surface area contributed by atoms with E-state index in [4.69, 9.17) is 16.7 Å². The van der Waals surface area contributed by atoms with Gasteiger partial charge in [0.2, 0.25) is 0 Å². The number of rotatable bonds is 4. The van der Waals surface area contributed by atoms with E-state index in [-0.39, 0.29) is 0 Å². The zero-order valence-electron chi connectivity index (χ0n) is 7.70. The van der Waals surface area contributed by atoms with Crippen molar-refractivity contribution in [2.24, 2.45) is 5.92 Å². The van der Waals surface area contributed by atoms with Crippen molar-refractivity contribution in [3.05, 3.63) is 23.5 Å². The van der Waals surface area contributed by atoms with E-state index in [0.29, 0.717) is 17.4 Å². The number of anilines is 1. The topological polar surface area (TPSA) is 62.2 Å². The molecule has 0 aliphatic carbocycles. The number of halogens is 1. The molecule has 4 nitrogen and oxygen atoms in total. The predicted molar refractivity (Wildman–Crippen MR) is 54.5 cm³/mol. The Kier molecular flexibility index (Phi) is 3.71. The van der Waals surface area contributed by atoms with Crippen molar-refractivity contribution in [2.45, 2.75) is 6.92 Å². The number of pyridine rings is 1. The van der Waals surface area contributed by atoms with Crippen LogP contribution >= 0.6 is 11.6 Å². The van der Waals surface area contributed by atoms with Crippen LogP contribution in [0.5, 0.6) is 0 Å². The van der Waals surface area contributed by atoms with Crippen molar-refractivity contribution < 1.29 is 9.90 Å². The number of nitrogens with one attached hydrogen (secondary N) is 1. The van der Waals surface area contributed by atoms with Crippen molar-refractivity contribution in [1.82, 2.24) is 4.98 Å². The Bertz CT molecular complexity index is 330. The first-order valence-corrected chi connectivity index (χ1v) is 4.56. The molecular weight excluding hydrogens is 204 g/mol. The molecule has 1 rings (SSSR count). The Morgan fingerprint density at radius 3 is 3.07 bits per heavy atom. The van der Waals surface area contributed by atoms with Crippen LogP contribution in [0.4, 0.5) is 5.69 Å². The largest absolute Gasteiger partial charge is 0.481 e. The quantitative estimate of drug-likeness (QED) is 0.752. The van der Waals surface area contributed by atoms with Gasteiger partial charge in [-0.05, 0) is 12.1 Å². The second-order valence-electron chi connectivity index (χ2n) is 2.96. The summed E-state index contributed by atoms with van der Waals surface area (Å²) in [4.78, 5) is 14.4. The molecule has 0 fully saturated rings. The molecule has 14 heavy (non-hydrogen) atoms. The van der Waals surface area contributed by atoms with Crippen LogP contribution in [0.3, 0.4) is 0 Å². The maximum Gasteiger partial charge on any atom is 0.308 e. The lowest BCUT2D eigenvalue weighted by molar-refractivity contribution is -0.140. The van der Waals surface area contributed by atoms with Crippen molar-refractivity contribution in [2.75, 3.05) is 11.9 Å². The van der Waals surface area contributed by atoms with Gasteiger partial charge in [-0.2, -0.15) is 0 Å². The zero-order chi connectivity index (χ0) is 10.6. The second-order valence-corrected chi connectivity index (χ2v) is 3.32. The summed E-state index contributed by atoms with van der Waals surface area (Å²) in [6, 6.07) is 3.49. The van der Waals surface area contributed by atoms with Crippen LogP contribution in [0.2, 0.25) is 5.15 Å². The van der Waals surface area contributed by atoms with Crippen LogP contribution in [0, 0.1) is 5.92 Å². The molecule has 1 aromatic heterocycles. The van der Waals surface area contributed by atoms with Gasteiger partial charge >= 0.3 is 5.97 Å². The molecule has 76 valence electrons. The van der Waals surface area contributed by atoms with Crippen molar-refractivity contribution in [3.8, 4) is 0 Å². The third-order valence-electron chi connectivity index (χ3n) is 1.78. The molecule has 5 heteroatoms. The minimum absolute atomic E-state index is 0.334. The number of aromatic nitrogens is 1. The average molecular weight is 215 g/mol. The number of hydrogen-bond donors (Lipinski definition) is 2. The standard InChI is InChI=1S/C9H11ClN2O2/c1-6(9(13)14)5-12-7-3-2-4-11-8(7)10/h2-4,6,12H,5H2,1H3,(H,13,14). The number of carboxylic acids is 1. The Morgan fingerprint density at radius 1 is 1.79 bits per heavy atom. The predicted octanol–water partition coefficient (Wildman–Crippen LogP) is 1.87. The van der Waals surface area contributed by atoms with Crippen LogP contribution in [-0.2, 0) is 4.79 Å². The van der Waals surface area contributed by atoms with Gasteiger partial charge in [-0.3, -0.25) is 4.79 Å². The van der Waals surface area contributed by atoms with E-state index in [1.54, 1.807) is 25.3 Å². The number of nitrogens with zero attached hydrogens (tertiary/aromatic N) is 1. The van der Waals surface area contributed by atoms with Crippen LogP contribution < -0.4 is 5.32 Å². The Balaban J connectivity index is 2.54. The van der Waals surface area contributed by atoms with Gasteiger partial charge < -0.3 is 10.4 Å². The van der Waals surface area contributed by atoms with Gasteiger partial charge in [-0.25, -0.2) is 4.98 Å². The Labute approximate surface area is 86.9 Å². The average Bonchev–Trinajstić information content (AvgIpc) is 2.16. The Hall–Kier alpha value is -1.29. The van der Waals surface area contributed by atoms with Gasteiger partial charge in [0.15, 0.2) is 5.15 Å². The molecule has 0 spiro atoms. The summed E-state index contributed by atoms with van der Waals surface area (Å²) in [6.07, 6.45) is 1.58. The van der Waals surface area contributed by atoms with E-state index in [1.165, 1.54) is 0 Å². The molecule has 0 bridgehead atoms. The summed E-state index contributed by atoms with van der Waals surface area (Å²) in [5, 5.41) is 11.9. The van der Waals surface area contributed by atoms with Crippen LogP contribution in [0.15, 0.2) is 18.3 Å². The highest BCUT2D eigenvalue weighted by Gasteiger charge is 2.10. The molecule has 0 saturated carbocycles. The first-order valence-electron chi connectivity index (χ1n) is 4.18. The third kappa shape index (κ3) is 2.88. The van der Waals surface area contributed by atoms with Crippen molar-refractivity contribution in [1.29, 1.82) is 0 Å². The van der Waals surface area contributed by atoms with Crippen LogP contribution in [-0.4, -0.2) is 22.6 Å². The highest BCUT2D eigenvalue weighted by Crippen LogP contribution is 2.17. The van der Waals surface area contributed by atoms with Gasteiger partial charge in [-0.15, -0.1) is 0 Å². The fraction of sp³-hybridized carbons (Fsp3) is 0.333. The molecule has 1 aromatic rings. The third-order valence-corrected chi connectivity index (χ3v) is 2.08. The lowest BCUT2D eigenvalue weighted by Gasteiger charge is -2.09. The molecule has 0 saturated heterocycles. The monoisotopic (exact) mass is 214 g/mol. The van der Waals surface area contributed by atoms with E-state index in [0.717, 1.165) is 0 Å². The summed E-state index contributed by atoms with van der Waals surface area (Å²) in [5.74, 6) is -1.29. The number of aliphatic carboxylic acids is 1. The van der Waals surface area contributed by atoms with E-state index in [2.05, 4.69) is 10.3 Å². The SMILES string of the molecule is CC(CNc1cccnc1Cl)C(=O)O. The molecule has 0 aliphatic rings. The smallest absolute Gasteiger partial charge is 0.308 e. The molecule has 2 N–H and O–H groups in total. The van der Waals surface area contributed by atoms with E-state index in [9.17, 15) is 4.79 Å². The lowest BCUT2D eigenvalue weighted by Crippen LogP contribution is -2.19. The summed E-state index contributed by atoms with van der Waals surface area (Å²) < 4.78 is 0.